The van der Waals surface area contributed by atoms with Crippen LogP contribution in [0.5, 0.6) is 0 Å². The number of anilines is 1. The Bertz CT molecular complexity index is 491. The number of rotatable bonds is 2. The van der Waals surface area contributed by atoms with Crippen molar-refractivity contribution in [3.05, 3.63) is 24.0 Å². The van der Waals surface area contributed by atoms with Crippen molar-refractivity contribution in [3.8, 4) is 0 Å². The zero-order chi connectivity index (χ0) is 11.9. The lowest BCUT2D eigenvalue weighted by atomic mass is 10.2. The van der Waals surface area contributed by atoms with Crippen molar-refractivity contribution in [1.29, 1.82) is 0 Å². The van der Waals surface area contributed by atoms with Crippen LogP contribution in [0.15, 0.2) is 23.1 Å². The van der Waals surface area contributed by atoms with Gasteiger partial charge in [0.05, 0.1) is 11.8 Å². The lowest BCUT2D eigenvalue weighted by molar-refractivity contribution is 0.0546. The molecule has 3 N–H and O–H groups in total. The average Bonchev–Trinajstić information content (AvgIpc) is 2.12. The first kappa shape index (κ1) is 11.3. The first-order valence-corrected chi connectivity index (χ1v) is 6.09. The fraction of sp³-hybridized carbons (Fsp3) is 0.333. The Morgan fingerprint density at radius 3 is 2.56 bits per heavy atom. The number of aliphatic hydroxyl groups excluding tert-OH is 1. The van der Waals surface area contributed by atoms with Crippen LogP contribution in [0.25, 0.3) is 0 Å². The quantitative estimate of drug-likeness (QED) is 0.706. The molecule has 1 aromatic carbocycles. The van der Waals surface area contributed by atoms with E-state index in [2.05, 4.69) is 0 Å². The third-order valence-electron chi connectivity index (χ3n) is 2.42. The van der Waals surface area contributed by atoms with Crippen molar-refractivity contribution in [2.24, 2.45) is 0 Å². The highest BCUT2D eigenvalue weighted by atomic mass is 32.2. The normalized spacial score (nSPS) is 18.4. The number of aliphatic hydroxyl groups is 1. The molecule has 16 heavy (non-hydrogen) atoms. The van der Waals surface area contributed by atoms with Gasteiger partial charge in [-0.25, -0.2) is 12.8 Å². The van der Waals surface area contributed by atoms with E-state index in [4.69, 9.17) is 10.8 Å². The molecule has 2 rings (SSSR count). The standard InChI is InChI=1S/C9H11FN2O3S/c10-7-2-1-3-8(11)9(7)16(14,15)12-4-6(13)5-12/h1-3,6,13H,4-5,11H2. The van der Waals surface area contributed by atoms with E-state index in [1.165, 1.54) is 12.1 Å². The molecule has 0 unspecified atom stereocenters. The number of halogens is 1. The van der Waals surface area contributed by atoms with E-state index in [0.717, 1.165) is 10.4 Å². The van der Waals surface area contributed by atoms with Crippen LogP contribution in [0.4, 0.5) is 10.1 Å². The molecule has 1 saturated heterocycles. The molecule has 1 fully saturated rings. The number of benzene rings is 1. The number of β-amino-alcohol motifs (C(OH)–C–C–N with tert-alkyl or cyclic N) is 1. The van der Waals surface area contributed by atoms with Gasteiger partial charge in [0.1, 0.15) is 10.7 Å². The molecule has 1 aliphatic heterocycles. The van der Waals surface area contributed by atoms with Gasteiger partial charge in [-0.15, -0.1) is 0 Å². The van der Waals surface area contributed by atoms with Gasteiger partial charge in [-0.3, -0.25) is 0 Å². The molecule has 0 amide bonds. The van der Waals surface area contributed by atoms with Gasteiger partial charge in [0.25, 0.3) is 0 Å². The summed E-state index contributed by atoms with van der Waals surface area (Å²) >= 11 is 0. The van der Waals surface area contributed by atoms with Crippen LogP contribution in [0, 0.1) is 5.82 Å². The molecule has 7 heteroatoms. The Hall–Kier alpha value is -1.18. The maximum atomic E-state index is 13.4. The van der Waals surface area contributed by atoms with Gasteiger partial charge in [-0.1, -0.05) is 6.07 Å². The van der Waals surface area contributed by atoms with Gasteiger partial charge in [0, 0.05) is 13.1 Å². The molecule has 1 aromatic rings. The zero-order valence-corrected chi connectivity index (χ0v) is 9.11. The summed E-state index contributed by atoms with van der Waals surface area (Å²) in [6, 6.07) is 3.71. The lowest BCUT2D eigenvalue weighted by Gasteiger charge is -2.34. The summed E-state index contributed by atoms with van der Waals surface area (Å²) in [7, 11) is -3.92. The summed E-state index contributed by atoms with van der Waals surface area (Å²) in [5.41, 5.74) is 5.33. The van der Waals surface area contributed by atoms with Crippen molar-refractivity contribution in [1.82, 2.24) is 4.31 Å². The van der Waals surface area contributed by atoms with E-state index in [0.29, 0.717) is 0 Å². The molecule has 0 radical (unpaired) electrons. The minimum atomic E-state index is -3.92. The fourth-order valence-electron chi connectivity index (χ4n) is 1.54. The van der Waals surface area contributed by atoms with Crippen LogP contribution in [-0.2, 0) is 10.0 Å². The van der Waals surface area contributed by atoms with Crippen molar-refractivity contribution in [2.45, 2.75) is 11.0 Å². The molecule has 0 atom stereocenters. The monoisotopic (exact) mass is 246 g/mol. The van der Waals surface area contributed by atoms with E-state index < -0.39 is 26.8 Å². The molecule has 0 aliphatic carbocycles. The predicted octanol–water partition coefficient (Wildman–Crippen LogP) is -0.227. The van der Waals surface area contributed by atoms with Gasteiger partial charge >= 0.3 is 0 Å². The van der Waals surface area contributed by atoms with E-state index in [9.17, 15) is 12.8 Å². The van der Waals surface area contributed by atoms with Crippen LogP contribution in [-0.4, -0.2) is 37.0 Å². The molecule has 0 bridgehead atoms. The molecule has 1 aliphatic rings. The predicted molar refractivity (Wildman–Crippen MR) is 55.6 cm³/mol. The Morgan fingerprint density at radius 1 is 1.44 bits per heavy atom. The molecule has 0 spiro atoms. The maximum absolute atomic E-state index is 13.4. The number of nitrogens with two attached hydrogens (primary N) is 1. The molecule has 88 valence electrons. The van der Waals surface area contributed by atoms with Crippen LogP contribution in [0.1, 0.15) is 0 Å². The van der Waals surface area contributed by atoms with Gasteiger partial charge in [0.2, 0.25) is 10.0 Å². The first-order chi connectivity index (χ1) is 7.43. The number of hydrogen-bond acceptors (Lipinski definition) is 4. The number of sulfonamides is 1. The smallest absolute Gasteiger partial charge is 0.248 e. The molecule has 1 heterocycles. The van der Waals surface area contributed by atoms with E-state index >= 15 is 0 Å². The number of nitrogens with zero attached hydrogens (tertiary/aromatic N) is 1. The first-order valence-electron chi connectivity index (χ1n) is 4.65. The zero-order valence-electron chi connectivity index (χ0n) is 8.30. The van der Waals surface area contributed by atoms with Gasteiger partial charge in [-0.2, -0.15) is 4.31 Å². The third-order valence-corrected chi connectivity index (χ3v) is 4.35. The van der Waals surface area contributed by atoms with Crippen molar-refractivity contribution < 1.29 is 17.9 Å². The Morgan fingerprint density at radius 2 is 2.06 bits per heavy atom. The fourth-order valence-corrected chi connectivity index (χ4v) is 3.21. The van der Waals surface area contributed by atoms with Crippen molar-refractivity contribution in [2.75, 3.05) is 18.8 Å². The summed E-state index contributed by atoms with van der Waals surface area (Å²) in [6.45, 7) is -0.0355. The van der Waals surface area contributed by atoms with Gasteiger partial charge in [0.15, 0.2) is 0 Å². The lowest BCUT2D eigenvalue weighted by Crippen LogP contribution is -2.53. The number of hydrogen-bond donors (Lipinski definition) is 2. The van der Waals surface area contributed by atoms with Crippen LogP contribution in [0.3, 0.4) is 0 Å². The van der Waals surface area contributed by atoms with Crippen molar-refractivity contribution in [3.63, 3.8) is 0 Å². The minimum Gasteiger partial charge on any atom is -0.398 e. The van der Waals surface area contributed by atoms with E-state index in [1.54, 1.807) is 0 Å². The third kappa shape index (κ3) is 1.66. The topological polar surface area (TPSA) is 83.6 Å². The maximum Gasteiger partial charge on any atom is 0.248 e. The molecular weight excluding hydrogens is 235 g/mol. The second kappa shape index (κ2) is 3.69. The summed E-state index contributed by atoms with van der Waals surface area (Å²) in [6.07, 6.45) is -0.678. The Kier molecular flexibility index (Phi) is 2.61. The highest BCUT2D eigenvalue weighted by Crippen LogP contribution is 2.28. The highest BCUT2D eigenvalue weighted by molar-refractivity contribution is 7.89. The van der Waals surface area contributed by atoms with E-state index in [1.807, 2.05) is 0 Å². The summed E-state index contributed by atoms with van der Waals surface area (Å²) < 4.78 is 38.2. The summed E-state index contributed by atoms with van der Waals surface area (Å²) in [5.74, 6) is -0.874. The summed E-state index contributed by atoms with van der Waals surface area (Å²) in [5, 5.41) is 9.04. The molecule has 5 nitrogen and oxygen atoms in total. The Labute approximate surface area is 92.3 Å². The highest BCUT2D eigenvalue weighted by Gasteiger charge is 2.38. The van der Waals surface area contributed by atoms with Gasteiger partial charge in [-0.05, 0) is 12.1 Å². The second-order valence-corrected chi connectivity index (χ2v) is 5.51. The average molecular weight is 246 g/mol. The van der Waals surface area contributed by atoms with E-state index in [-0.39, 0.29) is 18.8 Å². The minimum absolute atomic E-state index is 0.0178. The second-order valence-electron chi connectivity index (χ2n) is 3.63. The summed E-state index contributed by atoms with van der Waals surface area (Å²) in [4.78, 5) is -0.512. The molecule has 0 saturated carbocycles. The molecule has 0 aromatic heterocycles. The van der Waals surface area contributed by atoms with Crippen LogP contribution >= 0.6 is 0 Å². The van der Waals surface area contributed by atoms with Gasteiger partial charge < -0.3 is 10.8 Å². The van der Waals surface area contributed by atoms with Crippen molar-refractivity contribution >= 4 is 15.7 Å². The Balaban J connectivity index is 2.44. The largest absolute Gasteiger partial charge is 0.398 e. The van der Waals surface area contributed by atoms with Crippen LogP contribution in [0.2, 0.25) is 0 Å². The van der Waals surface area contributed by atoms with Crippen LogP contribution < -0.4 is 5.73 Å². The molecular formula is C9H11FN2O3S. The SMILES string of the molecule is Nc1cccc(F)c1S(=O)(=O)N1CC(O)C1. The number of nitrogen functional groups attached to an aromatic ring is 1.